The third kappa shape index (κ3) is 2.76. The smallest absolute Gasteiger partial charge is 0.330 e. The summed E-state index contributed by atoms with van der Waals surface area (Å²) in [7, 11) is 0. The quantitative estimate of drug-likeness (QED) is 0.873. The van der Waals surface area contributed by atoms with Crippen LogP contribution in [0.15, 0.2) is 30.5 Å². The summed E-state index contributed by atoms with van der Waals surface area (Å²) < 4.78 is 52.1. The molecule has 0 saturated carbocycles. The summed E-state index contributed by atoms with van der Waals surface area (Å²) in [6.45, 7) is 0.196. The van der Waals surface area contributed by atoms with E-state index in [1.54, 1.807) is 0 Å². The van der Waals surface area contributed by atoms with Gasteiger partial charge in [-0.05, 0) is 31.2 Å². The van der Waals surface area contributed by atoms with E-state index in [9.17, 15) is 17.6 Å². The van der Waals surface area contributed by atoms with E-state index in [0.29, 0.717) is 0 Å². The molecule has 0 aliphatic heterocycles. The Bertz CT molecular complexity index is 575. The zero-order valence-corrected chi connectivity index (χ0v) is 9.78. The molecule has 102 valence electrons. The number of rotatable bonds is 3. The molecule has 0 unspecified atom stereocenters. The van der Waals surface area contributed by atoms with Gasteiger partial charge in [0.25, 0.3) is 0 Å². The van der Waals surface area contributed by atoms with E-state index in [0.717, 1.165) is 16.9 Å². The monoisotopic (exact) mass is 273 g/mol. The molecule has 2 rings (SSSR count). The summed E-state index contributed by atoms with van der Waals surface area (Å²) in [4.78, 5) is 0. The Kier molecular flexibility index (Phi) is 3.57. The second-order valence-corrected chi connectivity index (χ2v) is 3.92. The van der Waals surface area contributed by atoms with E-state index in [1.165, 1.54) is 18.2 Å². The van der Waals surface area contributed by atoms with E-state index >= 15 is 0 Å². The predicted molar refractivity (Wildman–Crippen MR) is 61.3 cm³/mol. The van der Waals surface area contributed by atoms with Crippen molar-refractivity contribution >= 4 is 0 Å². The lowest BCUT2D eigenvalue weighted by Gasteiger charge is -2.10. The SMILES string of the molecule is NCCc1c(F)cccc1-n1ccc(C(F)(F)F)n1. The van der Waals surface area contributed by atoms with Crippen molar-refractivity contribution in [1.29, 1.82) is 0 Å². The highest BCUT2D eigenvalue weighted by atomic mass is 19.4. The van der Waals surface area contributed by atoms with Crippen LogP contribution in [0.25, 0.3) is 5.69 Å². The molecule has 1 heterocycles. The van der Waals surface area contributed by atoms with Crippen molar-refractivity contribution in [3.8, 4) is 5.69 Å². The van der Waals surface area contributed by atoms with Crippen molar-refractivity contribution in [3.63, 3.8) is 0 Å². The van der Waals surface area contributed by atoms with Crippen LogP contribution in [0.4, 0.5) is 17.6 Å². The molecule has 0 fully saturated rings. The molecule has 1 aromatic heterocycles. The van der Waals surface area contributed by atoms with Gasteiger partial charge in [-0.15, -0.1) is 0 Å². The number of nitrogens with zero attached hydrogens (tertiary/aromatic N) is 2. The zero-order chi connectivity index (χ0) is 14.0. The van der Waals surface area contributed by atoms with Gasteiger partial charge in [-0.25, -0.2) is 9.07 Å². The van der Waals surface area contributed by atoms with E-state index < -0.39 is 17.7 Å². The number of hydrogen-bond acceptors (Lipinski definition) is 2. The molecule has 0 aliphatic carbocycles. The van der Waals surface area contributed by atoms with Crippen molar-refractivity contribution in [1.82, 2.24) is 9.78 Å². The Hall–Kier alpha value is -1.89. The van der Waals surface area contributed by atoms with Crippen molar-refractivity contribution in [2.24, 2.45) is 5.73 Å². The highest BCUT2D eigenvalue weighted by molar-refractivity contribution is 5.41. The lowest BCUT2D eigenvalue weighted by molar-refractivity contribution is -0.141. The van der Waals surface area contributed by atoms with Crippen LogP contribution in [-0.4, -0.2) is 16.3 Å². The summed E-state index contributed by atoms with van der Waals surface area (Å²) in [5.74, 6) is -0.507. The van der Waals surface area contributed by atoms with Gasteiger partial charge < -0.3 is 5.73 Å². The topological polar surface area (TPSA) is 43.8 Å². The first-order valence-electron chi connectivity index (χ1n) is 5.54. The lowest BCUT2D eigenvalue weighted by atomic mass is 10.1. The number of alkyl halides is 3. The molecule has 0 spiro atoms. The van der Waals surface area contributed by atoms with Gasteiger partial charge in [-0.2, -0.15) is 18.3 Å². The standard InChI is InChI=1S/C12H11F4N3/c13-9-2-1-3-10(8(9)4-6-17)19-7-5-11(18-19)12(14,15)16/h1-3,5,7H,4,6,17H2. The molecule has 0 amide bonds. The highest BCUT2D eigenvalue weighted by Crippen LogP contribution is 2.28. The molecular weight excluding hydrogens is 262 g/mol. The van der Waals surface area contributed by atoms with Crippen molar-refractivity contribution < 1.29 is 17.6 Å². The Balaban J connectivity index is 2.47. The second kappa shape index (κ2) is 5.00. The van der Waals surface area contributed by atoms with Crippen LogP contribution >= 0.6 is 0 Å². The molecule has 0 aliphatic rings. The van der Waals surface area contributed by atoms with Gasteiger partial charge in [0.1, 0.15) is 5.82 Å². The average molecular weight is 273 g/mol. The molecule has 0 saturated heterocycles. The Morgan fingerprint density at radius 3 is 2.53 bits per heavy atom. The van der Waals surface area contributed by atoms with Gasteiger partial charge in [-0.1, -0.05) is 6.07 Å². The van der Waals surface area contributed by atoms with Gasteiger partial charge in [-0.3, -0.25) is 0 Å². The number of aromatic nitrogens is 2. The molecule has 2 aromatic rings. The van der Waals surface area contributed by atoms with Crippen LogP contribution in [0.2, 0.25) is 0 Å². The first-order valence-corrected chi connectivity index (χ1v) is 5.54. The fourth-order valence-electron chi connectivity index (χ4n) is 1.76. The van der Waals surface area contributed by atoms with Crippen LogP contribution < -0.4 is 5.73 Å². The fraction of sp³-hybridized carbons (Fsp3) is 0.250. The molecule has 0 atom stereocenters. The number of halogens is 4. The lowest BCUT2D eigenvalue weighted by Crippen LogP contribution is -2.11. The molecule has 0 bridgehead atoms. The van der Waals surface area contributed by atoms with Gasteiger partial charge in [0.2, 0.25) is 0 Å². The molecule has 1 aromatic carbocycles. The number of benzene rings is 1. The van der Waals surface area contributed by atoms with E-state index in [1.807, 2.05) is 0 Å². The van der Waals surface area contributed by atoms with E-state index in [2.05, 4.69) is 5.10 Å². The minimum absolute atomic E-state index is 0.196. The number of nitrogens with two attached hydrogens (primary N) is 1. The van der Waals surface area contributed by atoms with Crippen molar-refractivity contribution in [2.75, 3.05) is 6.54 Å². The van der Waals surface area contributed by atoms with Gasteiger partial charge in [0.05, 0.1) is 5.69 Å². The second-order valence-electron chi connectivity index (χ2n) is 3.92. The summed E-state index contributed by atoms with van der Waals surface area (Å²) in [5.41, 5.74) is 4.87. The molecular formula is C12H11F4N3. The van der Waals surface area contributed by atoms with Crippen molar-refractivity contribution in [3.05, 3.63) is 47.5 Å². The van der Waals surface area contributed by atoms with Crippen molar-refractivity contribution in [2.45, 2.75) is 12.6 Å². The Morgan fingerprint density at radius 1 is 1.21 bits per heavy atom. The number of hydrogen-bond donors (Lipinski definition) is 1. The molecule has 7 heteroatoms. The highest BCUT2D eigenvalue weighted by Gasteiger charge is 2.33. The molecule has 2 N–H and O–H groups in total. The first kappa shape index (κ1) is 13.5. The van der Waals surface area contributed by atoms with Gasteiger partial charge >= 0.3 is 6.18 Å². The maximum Gasteiger partial charge on any atom is 0.435 e. The zero-order valence-electron chi connectivity index (χ0n) is 9.78. The van der Waals surface area contributed by atoms with Crippen LogP contribution in [0.5, 0.6) is 0 Å². The maximum absolute atomic E-state index is 13.6. The third-order valence-electron chi connectivity index (χ3n) is 2.61. The maximum atomic E-state index is 13.6. The molecule has 3 nitrogen and oxygen atoms in total. The van der Waals surface area contributed by atoms with Gasteiger partial charge in [0, 0.05) is 11.8 Å². The van der Waals surface area contributed by atoms with E-state index in [4.69, 9.17) is 5.73 Å². The summed E-state index contributed by atoms with van der Waals surface area (Å²) in [6, 6.07) is 5.00. The summed E-state index contributed by atoms with van der Waals surface area (Å²) in [6.07, 6.45) is -3.15. The molecule has 0 radical (unpaired) electrons. The van der Waals surface area contributed by atoms with Gasteiger partial charge in [0.15, 0.2) is 5.69 Å². The Labute approximate surface area is 106 Å². The summed E-state index contributed by atoms with van der Waals surface area (Å²) >= 11 is 0. The van der Waals surface area contributed by atoms with Crippen LogP contribution in [0.3, 0.4) is 0 Å². The minimum Gasteiger partial charge on any atom is -0.330 e. The van der Waals surface area contributed by atoms with E-state index in [-0.39, 0.29) is 24.2 Å². The third-order valence-corrected chi connectivity index (χ3v) is 2.61. The largest absolute Gasteiger partial charge is 0.435 e. The predicted octanol–water partition coefficient (Wildman–Crippen LogP) is 2.53. The first-order chi connectivity index (χ1) is 8.93. The van der Waals surface area contributed by atoms with Crippen LogP contribution in [-0.2, 0) is 12.6 Å². The van der Waals surface area contributed by atoms with Crippen LogP contribution in [0, 0.1) is 5.82 Å². The van der Waals surface area contributed by atoms with Crippen LogP contribution in [0.1, 0.15) is 11.3 Å². The molecule has 19 heavy (non-hydrogen) atoms. The average Bonchev–Trinajstić information content (AvgIpc) is 2.81. The summed E-state index contributed by atoms with van der Waals surface area (Å²) in [5, 5.41) is 3.42. The minimum atomic E-state index is -4.52. The fourth-order valence-corrected chi connectivity index (χ4v) is 1.76. The Morgan fingerprint density at radius 2 is 1.95 bits per heavy atom. The normalized spacial score (nSPS) is 11.8.